The van der Waals surface area contributed by atoms with Gasteiger partial charge in [0.05, 0.1) is 0 Å². The largest absolute Gasteiger partial charge is 0.378 e. The zero-order valence-electron chi connectivity index (χ0n) is 13.0. The Morgan fingerprint density at radius 1 is 1.00 bits per heavy atom. The third-order valence-electron chi connectivity index (χ3n) is 3.33. The molecular weight excluding hydrogens is 300 g/mol. The predicted octanol–water partition coefficient (Wildman–Crippen LogP) is 3.58. The Bertz CT molecular complexity index is 812. The minimum absolute atomic E-state index is 0.0282. The number of benzene rings is 2. The molecule has 0 unspecified atom stereocenters. The van der Waals surface area contributed by atoms with E-state index in [0.717, 1.165) is 16.7 Å². The number of carbonyl (C=O) groups is 1. The molecule has 5 heteroatoms. The Hall–Kier alpha value is -2.14. The Morgan fingerprint density at radius 2 is 1.59 bits per heavy atom. The van der Waals surface area contributed by atoms with E-state index in [-0.39, 0.29) is 10.7 Å². The van der Waals surface area contributed by atoms with Gasteiger partial charge in [0.1, 0.15) is 10.6 Å². The summed E-state index contributed by atoms with van der Waals surface area (Å²) in [5, 5.41) is 0. The van der Waals surface area contributed by atoms with E-state index in [1.807, 2.05) is 19.1 Å². The van der Waals surface area contributed by atoms with Crippen LogP contribution in [0.5, 0.6) is 5.75 Å². The lowest BCUT2D eigenvalue weighted by molar-refractivity contribution is 0.101. The van der Waals surface area contributed by atoms with Crippen LogP contribution in [-0.4, -0.2) is 14.2 Å². The van der Waals surface area contributed by atoms with E-state index >= 15 is 0 Å². The van der Waals surface area contributed by atoms with Gasteiger partial charge in [-0.25, -0.2) is 0 Å². The average Bonchev–Trinajstić information content (AvgIpc) is 2.43. The topological polar surface area (TPSA) is 60.4 Å². The van der Waals surface area contributed by atoms with E-state index < -0.39 is 10.1 Å². The molecule has 0 N–H and O–H groups in total. The van der Waals surface area contributed by atoms with Gasteiger partial charge in [0.15, 0.2) is 5.78 Å². The molecule has 116 valence electrons. The first kappa shape index (κ1) is 16.2. The molecule has 0 fully saturated rings. The van der Waals surface area contributed by atoms with Gasteiger partial charge in [-0.2, -0.15) is 8.42 Å². The van der Waals surface area contributed by atoms with Crippen molar-refractivity contribution in [2.24, 2.45) is 0 Å². The summed E-state index contributed by atoms with van der Waals surface area (Å²) in [6, 6.07) is 9.58. The molecule has 0 atom stereocenters. The molecule has 2 aromatic rings. The van der Waals surface area contributed by atoms with Gasteiger partial charge in [-0.3, -0.25) is 4.79 Å². The van der Waals surface area contributed by atoms with Gasteiger partial charge in [-0.1, -0.05) is 29.8 Å². The van der Waals surface area contributed by atoms with Gasteiger partial charge in [0.2, 0.25) is 0 Å². The van der Waals surface area contributed by atoms with Crippen molar-refractivity contribution in [2.75, 3.05) is 0 Å². The second-order valence-electron chi connectivity index (χ2n) is 5.35. The summed E-state index contributed by atoms with van der Waals surface area (Å²) in [5.41, 5.74) is 2.88. The van der Waals surface area contributed by atoms with Crippen molar-refractivity contribution < 1.29 is 17.4 Å². The summed E-state index contributed by atoms with van der Waals surface area (Å²) in [7, 11) is -3.98. The molecule has 0 radical (unpaired) electrons. The normalized spacial score (nSPS) is 11.3. The van der Waals surface area contributed by atoms with Gasteiger partial charge in [0.25, 0.3) is 0 Å². The van der Waals surface area contributed by atoms with Crippen molar-refractivity contribution in [2.45, 2.75) is 32.6 Å². The summed E-state index contributed by atoms with van der Waals surface area (Å²) in [6.07, 6.45) is 0. The highest BCUT2D eigenvalue weighted by atomic mass is 32.2. The number of rotatable bonds is 4. The Balaban J connectivity index is 2.45. The van der Waals surface area contributed by atoms with Crippen LogP contribution in [-0.2, 0) is 10.1 Å². The standard InChI is InChI=1S/C17H18O4S/c1-11-8-12(2)17(13(3)9-11)21-22(19,20)16-7-5-6-15(10-16)14(4)18/h5-10H,1-4H3. The minimum Gasteiger partial charge on any atom is -0.378 e. The highest BCUT2D eigenvalue weighted by Gasteiger charge is 2.20. The molecule has 22 heavy (non-hydrogen) atoms. The molecule has 0 aliphatic heterocycles. The zero-order chi connectivity index (χ0) is 16.5. The van der Waals surface area contributed by atoms with Crippen LogP contribution in [0.4, 0.5) is 0 Å². The van der Waals surface area contributed by atoms with Crippen molar-refractivity contribution in [3.63, 3.8) is 0 Å². The van der Waals surface area contributed by atoms with Crippen LogP contribution in [0, 0.1) is 20.8 Å². The van der Waals surface area contributed by atoms with E-state index in [1.165, 1.54) is 25.1 Å². The lowest BCUT2D eigenvalue weighted by Gasteiger charge is -2.13. The fourth-order valence-electron chi connectivity index (χ4n) is 2.33. The molecule has 0 saturated carbocycles. The highest BCUT2D eigenvalue weighted by Crippen LogP contribution is 2.28. The van der Waals surface area contributed by atoms with Crippen molar-refractivity contribution in [3.8, 4) is 5.75 Å². The van der Waals surface area contributed by atoms with Gasteiger partial charge in [-0.05, 0) is 51.0 Å². The van der Waals surface area contributed by atoms with E-state index in [4.69, 9.17) is 4.18 Å². The maximum atomic E-state index is 12.4. The maximum absolute atomic E-state index is 12.4. The van der Waals surface area contributed by atoms with Gasteiger partial charge in [0, 0.05) is 5.56 Å². The van der Waals surface area contributed by atoms with Gasteiger partial charge >= 0.3 is 10.1 Å². The van der Waals surface area contributed by atoms with E-state index in [2.05, 4.69) is 0 Å². The van der Waals surface area contributed by atoms with Crippen LogP contribution >= 0.6 is 0 Å². The zero-order valence-corrected chi connectivity index (χ0v) is 13.8. The Labute approximate surface area is 130 Å². The molecule has 4 nitrogen and oxygen atoms in total. The predicted molar refractivity (Wildman–Crippen MR) is 84.9 cm³/mol. The van der Waals surface area contributed by atoms with Crippen LogP contribution in [0.2, 0.25) is 0 Å². The smallest absolute Gasteiger partial charge is 0.339 e. The first-order valence-corrected chi connectivity index (χ1v) is 8.25. The summed E-state index contributed by atoms with van der Waals surface area (Å²) in [4.78, 5) is 11.4. The number of carbonyl (C=O) groups excluding carboxylic acids is 1. The first-order valence-electron chi connectivity index (χ1n) is 6.84. The molecule has 2 aromatic carbocycles. The molecule has 0 aromatic heterocycles. The van der Waals surface area contributed by atoms with E-state index in [1.54, 1.807) is 19.9 Å². The number of hydrogen-bond acceptors (Lipinski definition) is 4. The number of ketones is 1. The summed E-state index contributed by atoms with van der Waals surface area (Å²) < 4.78 is 30.2. The van der Waals surface area contributed by atoms with Gasteiger partial charge < -0.3 is 4.18 Å². The van der Waals surface area contributed by atoms with E-state index in [9.17, 15) is 13.2 Å². The SMILES string of the molecule is CC(=O)c1cccc(S(=O)(=O)Oc2c(C)cc(C)cc2C)c1. The fraction of sp³-hybridized carbons (Fsp3) is 0.235. The van der Waals surface area contributed by atoms with Crippen molar-refractivity contribution in [1.29, 1.82) is 0 Å². The quantitative estimate of drug-likeness (QED) is 0.638. The first-order chi connectivity index (χ1) is 10.2. The van der Waals surface area contributed by atoms with Crippen molar-refractivity contribution in [1.82, 2.24) is 0 Å². The maximum Gasteiger partial charge on any atom is 0.339 e. The summed E-state index contributed by atoms with van der Waals surface area (Å²) in [6.45, 7) is 6.93. The minimum atomic E-state index is -3.98. The molecule has 0 heterocycles. The Morgan fingerprint density at radius 3 is 2.14 bits per heavy atom. The molecule has 0 amide bonds. The number of aryl methyl sites for hydroxylation is 3. The monoisotopic (exact) mass is 318 g/mol. The molecule has 2 rings (SSSR count). The fourth-order valence-corrected chi connectivity index (χ4v) is 3.42. The summed E-state index contributed by atoms with van der Waals surface area (Å²) >= 11 is 0. The molecule has 0 saturated heterocycles. The van der Waals surface area contributed by atoms with Gasteiger partial charge in [-0.15, -0.1) is 0 Å². The molecular formula is C17H18O4S. The molecule has 0 spiro atoms. The highest BCUT2D eigenvalue weighted by molar-refractivity contribution is 7.87. The molecule has 0 bridgehead atoms. The molecule has 0 aliphatic carbocycles. The van der Waals surface area contributed by atoms with Crippen LogP contribution in [0.3, 0.4) is 0 Å². The number of hydrogen-bond donors (Lipinski definition) is 0. The van der Waals surface area contributed by atoms with Crippen LogP contribution in [0.25, 0.3) is 0 Å². The van der Waals surface area contributed by atoms with Crippen molar-refractivity contribution >= 4 is 15.9 Å². The second-order valence-corrected chi connectivity index (χ2v) is 6.90. The third kappa shape index (κ3) is 3.36. The summed E-state index contributed by atoms with van der Waals surface area (Å²) in [5.74, 6) is 0.138. The third-order valence-corrected chi connectivity index (χ3v) is 4.54. The van der Waals surface area contributed by atoms with Crippen LogP contribution < -0.4 is 4.18 Å². The average molecular weight is 318 g/mol. The number of Topliss-reactive ketones (excluding diaryl/α,β-unsaturated/α-hetero) is 1. The lowest BCUT2D eigenvalue weighted by Crippen LogP contribution is -2.12. The van der Waals surface area contributed by atoms with Crippen LogP contribution in [0.1, 0.15) is 34.0 Å². The van der Waals surface area contributed by atoms with Crippen molar-refractivity contribution in [3.05, 3.63) is 58.7 Å². The van der Waals surface area contributed by atoms with Crippen LogP contribution in [0.15, 0.2) is 41.3 Å². The van der Waals surface area contributed by atoms with E-state index in [0.29, 0.717) is 11.3 Å². The molecule has 0 aliphatic rings. The Kier molecular flexibility index (Phi) is 4.37. The lowest BCUT2D eigenvalue weighted by atomic mass is 10.1. The second kappa shape index (κ2) is 5.93.